The van der Waals surface area contributed by atoms with E-state index in [9.17, 15) is 4.79 Å². The molecule has 5 nitrogen and oxygen atoms in total. The van der Waals surface area contributed by atoms with E-state index in [2.05, 4.69) is 11.9 Å². The molecule has 26 heavy (non-hydrogen) atoms. The normalized spacial score (nSPS) is 17.2. The molecule has 0 N–H and O–H groups in total. The van der Waals surface area contributed by atoms with E-state index in [1.807, 2.05) is 35.2 Å². The number of pyridine rings is 1. The topological polar surface area (TPSA) is 51.7 Å². The van der Waals surface area contributed by atoms with Crippen molar-refractivity contribution < 1.29 is 14.3 Å². The standard InChI is InChI=1S/C21H26N2O3/c1-3-10-26-19-8-5-9-23(15-19)21(24)17-7-4-6-16(11-17)18-12-20(25-2)14-22-13-18/h4,6-7,11-14,19H,3,5,8-10,15H2,1-2H3/t19-/m1/s1. The van der Waals surface area contributed by atoms with Crippen molar-refractivity contribution >= 4 is 5.91 Å². The van der Waals surface area contributed by atoms with Crippen LogP contribution in [0.4, 0.5) is 0 Å². The molecule has 0 unspecified atom stereocenters. The molecule has 1 aromatic carbocycles. The maximum Gasteiger partial charge on any atom is 0.253 e. The van der Waals surface area contributed by atoms with Crippen molar-refractivity contribution in [1.82, 2.24) is 9.88 Å². The summed E-state index contributed by atoms with van der Waals surface area (Å²) in [6.07, 6.45) is 6.61. The monoisotopic (exact) mass is 354 g/mol. The number of carbonyl (C=O) groups is 1. The fraction of sp³-hybridized carbons (Fsp3) is 0.429. The summed E-state index contributed by atoms with van der Waals surface area (Å²) in [5.41, 5.74) is 2.58. The first-order valence-corrected chi connectivity index (χ1v) is 9.21. The summed E-state index contributed by atoms with van der Waals surface area (Å²) in [5.74, 6) is 0.763. The van der Waals surface area contributed by atoms with Crippen molar-refractivity contribution in [3.8, 4) is 16.9 Å². The molecule has 138 valence electrons. The zero-order valence-electron chi connectivity index (χ0n) is 15.5. The highest BCUT2D eigenvalue weighted by atomic mass is 16.5. The van der Waals surface area contributed by atoms with Crippen LogP contribution in [-0.2, 0) is 4.74 Å². The van der Waals surface area contributed by atoms with Gasteiger partial charge < -0.3 is 14.4 Å². The van der Waals surface area contributed by atoms with Gasteiger partial charge >= 0.3 is 0 Å². The minimum atomic E-state index is 0.0625. The number of nitrogens with zero attached hydrogens (tertiary/aromatic N) is 2. The fourth-order valence-corrected chi connectivity index (χ4v) is 3.25. The molecule has 5 heteroatoms. The van der Waals surface area contributed by atoms with E-state index in [4.69, 9.17) is 9.47 Å². The van der Waals surface area contributed by atoms with Gasteiger partial charge in [-0.1, -0.05) is 19.1 Å². The molecule has 2 heterocycles. The number of aromatic nitrogens is 1. The minimum Gasteiger partial charge on any atom is -0.495 e. The van der Waals surface area contributed by atoms with Crippen LogP contribution in [0, 0.1) is 0 Å². The van der Waals surface area contributed by atoms with Crippen LogP contribution in [0.15, 0.2) is 42.7 Å². The van der Waals surface area contributed by atoms with E-state index >= 15 is 0 Å². The van der Waals surface area contributed by atoms with Crippen LogP contribution in [0.2, 0.25) is 0 Å². The molecule has 0 saturated carbocycles. The predicted octanol–water partition coefficient (Wildman–Crippen LogP) is 3.79. The van der Waals surface area contributed by atoms with Crippen LogP contribution in [-0.4, -0.2) is 48.7 Å². The van der Waals surface area contributed by atoms with Crippen LogP contribution in [0.5, 0.6) is 5.75 Å². The third-order valence-electron chi connectivity index (χ3n) is 4.61. The van der Waals surface area contributed by atoms with Crippen molar-refractivity contribution in [1.29, 1.82) is 0 Å². The highest BCUT2D eigenvalue weighted by Gasteiger charge is 2.25. The summed E-state index contributed by atoms with van der Waals surface area (Å²) < 4.78 is 11.1. The molecule has 3 rings (SSSR count). The van der Waals surface area contributed by atoms with Gasteiger partial charge in [-0.2, -0.15) is 0 Å². The maximum absolute atomic E-state index is 13.0. The van der Waals surface area contributed by atoms with E-state index in [-0.39, 0.29) is 12.0 Å². The average Bonchev–Trinajstić information content (AvgIpc) is 2.72. The number of hydrogen-bond acceptors (Lipinski definition) is 4. The Morgan fingerprint density at radius 1 is 1.27 bits per heavy atom. The number of amides is 1. The van der Waals surface area contributed by atoms with Crippen molar-refractivity contribution in [3.05, 3.63) is 48.3 Å². The van der Waals surface area contributed by atoms with E-state index in [0.717, 1.165) is 43.5 Å². The lowest BCUT2D eigenvalue weighted by atomic mass is 10.0. The van der Waals surface area contributed by atoms with Gasteiger partial charge in [-0.3, -0.25) is 9.78 Å². The van der Waals surface area contributed by atoms with Gasteiger partial charge in [0, 0.05) is 37.0 Å². The maximum atomic E-state index is 13.0. The molecule has 1 saturated heterocycles. The molecule has 1 aromatic heterocycles. The summed E-state index contributed by atoms with van der Waals surface area (Å²) in [6, 6.07) is 9.62. The van der Waals surface area contributed by atoms with Gasteiger partial charge in [0.15, 0.2) is 0 Å². The number of likely N-dealkylation sites (tertiary alicyclic amines) is 1. The van der Waals surface area contributed by atoms with Gasteiger partial charge in [-0.15, -0.1) is 0 Å². The number of carbonyl (C=O) groups excluding carboxylic acids is 1. The summed E-state index contributed by atoms with van der Waals surface area (Å²) in [6.45, 7) is 4.31. The molecule has 1 aliphatic heterocycles. The fourth-order valence-electron chi connectivity index (χ4n) is 3.25. The summed E-state index contributed by atoms with van der Waals surface area (Å²) in [5, 5.41) is 0. The van der Waals surface area contributed by atoms with Crippen molar-refractivity contribution in [2.45, 2.75) is 32.3 Å². The van der Waals surface area contributed by atoms with Crippen molar-refractivity contribution in [3.63, 3.8) is 0 Å². The Balaban J connectivity index is 1.75. The number of benzene rings is 1. The quantitative estimate of drug-likeness (QED) is 0.792. The zero-order valence-corrected chi connectivity index (χ0v) is 15.5. The second-order valence-electron chi connectivity index (χ2n) is 6.58. The molecular weight excluding hydrogens is 328 g/mol. The number of methoxy groups -OCH3 is 1. The van der Waals surface area contributed by atoms with Crippen molar-refractivity contribution in [2.24, 2.45) is 0 Å². The van der Waals surface area contributed by atoms with Gasteiger partial charge in [-0.05, 0) is 43.0 Å². The van der Waals surface area contributed by atoms with Gasteiger partial charge in [0.05, 0.1) is 19.4 Å². The number of piperidine rings is 1. The number of rotatable bonds is 6. The first-order chi connectivity index (χ1) is 12.7. The Labute approximate surface area is 155 Å². The summed E-state index contributed by atoms with van der Waals surface area (Å²) >= 11 is 0. The van der Waals surface area contributed by atoms with Gasteiger partial charge in [-0.25, -0.2) is 0 Å². The third-order valence-corrected chi connectivity index (χ3v) is 4.61. The van der Waals surface area contributed by atoms with Crippen LogP contribution >= 0.6 is 0 Å². The molecule has 1 aliphatic rings. The van der Waals surface area contributed by atoms with Crippen LogP contribution in [0.1, 0.15) is 36.5 Å². The van der Waals surface area contributed by atoms with E-state index in [0.29, 0.717) is 17.9 Å². The molecule has 1 atom stereocenters. The largest absolute Gasteiger partial charge is 0.495 e. The van der Waals surface area contributed by atoms with E-state index in [1.54, 1.807) is 19.5 Å². The third kappa shape index (κ3) is 4.41. The Morgan fingerprint density at radius 3 is 2.96 bits per heavy atom. The van der Waals surface area contributed by atoms with Crippen molar-refractivity contribution in [2.75, 3.05) is 26.8 Å². The molecular formula is C21H26N2O3. The van der Waals surface area contributed by atoms with E-state index < -0.39 is 0 Å². The SMILES string of the molecule is CCCO[C@@H]1CCCN(C(=O)c2cccc(-c3cncc(OC)c3)c2)C1. The Morgan fingerprint density at radius 2 is 2.15 bits per heavy atom. The van der Waals surface area contributed by atoms with Crippen LogP contribution in [0.3, 0.4) is 0 Å². The Kier molecular flexibility index (Phi) is 6.23. The smallest absolute Gasteiger partial charge is 0.253 e. The molecule has 1 fully saturated rings. The number of ether oxygens (including phenoxy) is 2. The summed E-state index contributed by atoms with van der Waals surface area (Å²) in [4.78, 5) is 19.1. The molecule has 1 amide bonds. The second kappa shape index (κ2) is 8.81. The molecule has 0 spiro atoms. The molecule has 0 radical (unpaired) electrons. The van der Waals surface area contributed by atoms with E-state index in [1.165, 1.54) is 0 Å². The second-order valence-corrected chi connectivity index (χ2v) is 6.58. The molecule has 0 aliphatic carbocycles. The lowest BCUT2D eigenvalue weighted by Gasteiger charge is -2.32. The highest BCUT2D eigenvalue weighted by molar-refractivity contribution is 5.95. The lowest BCUT2D eigenvalue weighted by molar-refractivity contribution is 0.00211. The average molecular weight is 354 g/mol. The van der Waals surface area contributed by atoms with Crippen LogP contribution < -0.4 is 4.74 Å². The highest BCUT2D eigenvalue weighted by Crippen LogP contribution is 2.24. The summed E-state index contributed by atoms with van der Waals surface area (Å²) in [7, 11) is 1.62. The first-order valence-electron chi connectivity index (χ1n) is 9.21. The van der Waals surface area contributed by atoms with Gasteiger partial charge in [0.2, 0.25) is 0 Å². The first kappa shape index (κ1) is 18.4. The van der Waals surface area contributed by atoms with Gasteiger partial charge in [0.25, 0.3) is 5.91 Å². The minimum absolute atomic E-state index is 0.0625. The molecule has 0 bridgehead atoms. The zero-order chi connectivity index (χ0) is 18.4. The van der Waals surface area contributed by atoms with Crippen LogP contribution in [0.25, 0.3) is 11.1 Å². The number of hydrogen-bond donors (Lipinski definition) is 0. The predicted molar refractivity (Wildman–Crippen MR) is 101 cm³/mol. The molecule has 2 aromatic rings. The Bertz CT molecular complexity index is 748. The Hall–Kier alpha value is -2.40. The lowest BCUT2D eigenvalue weighted by Crippen LogP contribution is -2.43. The van der Waals surface area contributed by atoms with Gasteiger partial charge in [0.1, 0.15) is 5.75 Å².